The summed E-state index contributed by atoms with van der Waals surface area (Å²) in [6, 6.07) is 9.98. The van der Waals surface area contributed by atoms with Gasteiger partial charge >= 0.3 is 12.2 Å². The highest BCUT2D eigenvalue weighted by atomic mass is 19.4. The van der Waals surface area contributed by atoms with Crippen molar-refractivity contribution in [2.75, 3.05) is 20.1 Å². The van der Waals surface area contributed by atoms with E-state index >= 15 is 0 Å². The molecule has 0 spiro atoms. The lowest BCUT2D eigenvalue weighted by Crippen LogP contribution is -2.48. The van der Waals surface area contributed by atoms with Crippen LogP contribution in [0.5, 0.6) is 0 Å². The van der Waals surface area contributed by atoms with E-state index in [4.69, 9.17) is 0 Å². The van der Waals surface area contributed by atoms with Crippen molar-refractivity contribution in [1.29, 1.82) is 0 Å². The summed E-state index contributed by atoms with van der Waals surface area (Å²) >= 11 is 0. The molecule has 2 N–H and O–H groups in total. The second-order valence-corrected chi connectivity index (χ2v) is 7.92. The number of amides is 3. The van der Waals surface area contributed by atoms with Crippen molar-refractivity contribution >= 4 is 17.6 Å². The Bertz CT molecular complexity index is 1150. The lowest BCUT2D eigenvalue weighted by atomic mass is 9.93. The zero-order valence-electron chi connectivity index (χ0n) is 17.8. The molecule has 0 aliphatic carbocycles. The molecule has 11 heteroatoms. The number of halogens is 3. The van der Waals surface area contributed by atoms with E-state index in [1.807, 2.05) is 23.1 Å². The van der Waals surface area contributed by atoms with Crippen LogP contribution in [0.1, 0.15) is 41.8 Å². The van der Waals surface area contributed by atoms with Crippen molar-refractivity contribution in [2.24, 2.45) is 0 Å². The Kier molecular flexibility index (Phi) is 6.32. The average molecular weight is 460 g/mol. The van der Waals surface area contributed by atoms with Crippen molar-refractivity contribution in [3.8, 4) is 0 Å². The zero-order chi connectivity index (χ0) is 23.6. The molecule has 0 saturated carbocycles. The van der Waals surface area contributed by atoms with Crippen molar-refractivity contribution in [2.45, 2.75) is 31.0 Å². The number of piperidine rings is 1. The minimum atomic E-state index is -4.48. The van der Waals surface area contributed by atoms with Gasteiger partial charge in [-0.2, -0.15) is 13.2 Å². The summed E-state index contributed by atoms with van der Waals surface area (Å²) in [5.74, 6) is -0.303. The van der Waals surface area contributed by atoms with Gasteiger partial charge in [-0.3, -0.25) is 19.4 Å². The topological polar surface area (TPSA) is 91.6 Å². The fourth-order valence-corrected chi connectivity index (χ4v) is 4.21. The number of nitrogens with one attached hydrogen (secondary N) is 2. The molecule has 2 aromatic heterocycles. The highest BCUT2D eigenvalue weighted by Crippen LogP contribution is 2.34. The van der Waals surface area contributed by atoms with Gasteiger partial charge in [0.05, 0.1) is 5.56 Å². The molecule has 1 aliphatic heterocycles. The second-order valence-electron chi connectivity index (χ2n) is 7.92. The van der Waals surface area contributed by atoms with Crippen LogP contribution >= 0.6 is 0 Å². The molecule has 2 unspecified atom stereocenters. The molecule has 1 saturated heterocycles. The third-order valence-corrected chi connectivity index (χ3v) is 5.77. The molecule has 0 bridgehead atoms. The number of imide groups is 1. The molecule has 1 aromatic carbocycles. The van der Waals surface area contributed by atoms with E-state index in [0.717, 1.165) is 12.3 Å². The van der Waals surface area contributed by atoms with Gasteiger partial charge in [0.2, 0.25) is 5.91 Å². The van der Waals surface area contributed by atoms with Crippen LogP contribution in [0.3, 0.4) is 0 Å². The van der Waals surface area contributed by atoms with E-state index in [2.05, 4.69) is 20.8 Å². The number of hydrogen-bond acceptors (Lipinski definition) is 5. The number of carbonyl (C=O) groups is 2. The van der Waals surface area contributed by atoms with Crippen LogP contribution in [0.2, 0.25) is 0 Å². The number of carbonyl (C=O) groups excluding carboxylic acids is 2. The number of pyridine rings is 1. The maximum atomic E-state index is 13.2. The molecule has 2 atom stereocenters. The highest BCUT2D eigenvalue weighted by molar-refractivity contribution is 5.97. The Morgan fingerprint density at radius 2 is 1.88 bits per heavy atom. The number of urea groups is 1. The predicted octanol–water partition coefficient (Wildman–Crippen LogP) is 3.12. The second kappa shape index (κ2) is 9.18. The van der Waals surface area contributed by atoms with Crippen LogP contribution in [0, 0.1) is 0 Å². The summed E-state index contributed by atoms with van der Waals surface area (Å²) in [4.78, 5) is 26.7. The zero-order valence-corrected chi connectivity index (χ0v) is 17.8. The van der Waals surface area contributed by atoms with Crippen LogP contribution in [0.4, 0.5) is 18.0 Å². The summed E-state index contributed by atoms with van der Waals surface area (Å²) in [5, 5.41) is 12.9. The molecule has 3 heterocycles. The Morgan fingerprint density at radius 1 is 1.12 bits per heavy atom. The number of fused-ring (bicyclic) bond motifs is 1. The molecule has 0 radical (unpaired) electrons. The van der Waals surface area contributed by atoms with Gasteiger partial charge in [0.25, 0.3) is 0 Å². The molecule has 3 aromatic rings. The summed E-state index contributed by atoms with van der Waals surface area (Å²) < 4.78 is 41.1. The molecule has 33 heavy (non-hydrogen) atoms. The number of hydrogen-bond donors (Lipinski definition) is 2. The van der Waals surface area contributed by atoms with Crippen LogP contribution < -0.4 is 10.6 Å². The molecular weight excluding hydrogens is 437 g/mol. The van der Waals surface area contributed by atoms with E-state index in [9.17, 15) is 22.8 Å². The van der Waals surface area contributed by atoms with Crippen LogP contribution in [-0.4, -0.2) is 51.6 Å². The molecule has 1 fully saturated rings. The lowest BCUT2D eigenvalue weighted by molar-refractivity contribution is -0.138. The summed E-state index contributed by atoms with van der Waals surface area (Å²) in [5.41, 5.74) is 0.257. The number of benzene rings is 1. The maximum absolute atomic E-state index is 13.2. The van der Waals surface area contributed by atoms with E-state index in [1.54, 1.807) is 12.1 Å². The van der Waals surface area contributed by atoms with Crippen molar-refractivity contribution in [3.05, 3.63) is 65.6 Å². The lowest BCUT2D eigenvalue weighted by Gasteiger charge is -2.37. The Hall–Kier alpha value is -3.47. The number of rotatable bonds is 4. The standard InChI is InChI=1S/C22H23F3N6O2/c1-26-21(33)27-20(32)18(14-6-3-2-4-7-14)30-11-5-8-15(12-30)19-29-28-17-10-9-16(13-31(17)19)22(23,24)25/h2-4,6-7,9-10,13,15,18H,5,8,11-12H2,1H3,(H2,26,27,32,33). The normalized spacial score (nSPS) is 18.1. The summed E-state index contributed by atoms with van der Waals surface area (Å²) in [6.07, 6.45) is -2.08. The SMILES string of the molecule is CNC(=O)NC(=O)C(c1ccccc1)N1CCCC(c2nnc3ccc(C(F)(F)F)cn23)C1. The van der Waals surface area contributed by atoms with Crippen molar-refractivity contribution < 1.29 is 22.8 Å². The molecule has 3 amide bonds. The Morgan fingerprint density at radius 3 is 2.58 bits per heavy atom. The minimum Gasteiger partial charge on any atom is -0.341 e. The van der Waals surface area contributed by atoms with Gasteiger partial charge in [0.1, 0.15) is 11.9 Å². The van der Waals surface area contributed by atoms with E-state index in [1.165, 1.54) is 17.5 Å². The van der Waals surface area contributed by atoms with Gasteiger partial charge < -0.3 is 5.32 Å². The quantitative estimate of drug-likeness (QED) is 0.624. The first-order valence-corrected chi connectivity index (χ1v) is 10.5. The first-order valence-electron chi connectivity index (χ1n) is 10.5. The first-order chi connectivity index (χ1) is 15.8. The third-order valence-electron chi connectivity index (χ3n) is 5.77. The smallest absolute Gasteiger partial charge is 0.341 e. The van der Waals surface area contributed by atoms with Gasteiger partial charge in [0.15, 0.2) is 5.65 Å². The number of nitrogens with zero attached hydrogens (tertiary/aromatic N) is 4. The number of likely N-dealkylation sites (tertiary alicyclic amines) is 1. The van der Waals surface area contributed by atoms with Crippen molar-refractivity contribution in [3.63, 3.8) is 0 Å². The highest BCUT2D eigenvalue weighted by Gasteiger charge is 2.35. The van der Waals surface area contributed by atoms with Crippen LogP contribution in [0.25, 0.3) is 5.65 Å². The fourth-order valence-electron chi connectivity index (χ4n) is 4.21. The monoisotopic (exact) mass is 460 g/mol. The largest absolute Gasteiger partial charge is 0.417 e. The predicted molar refractivity (Wildman–Crippen MR) is 113 cm³/mol. The van der Waals surface area contributed by atoms with E-state index in [-0.39, 0.29) is 5.92 Å². The number of alkyl halides is 3. The van der Waals surface area contributed by atoms with E-state index in [0.29, 0.717) is 43.0 Å². The summed E-state index contributed by atoms with van der Waals surface area (Å²) in [6.45, 7) is 0.958. The average Bonchev–Trinajstić information content (AvgIpc) is 3.23. The Balaban J connectivity index is 1.65. The third kappa shape index (κ3) is 4.82. The first kappa shape index (κ1) is 22.7. The van der Waals surface area contributed by atoms with Crippen LogP contribution in [0.15, 0.2) is 48.7 Å². The van der Waals surface area contributed by atoms with Gasteiger partial charge in [-0.05, 0) is 37.1 Å². The molecule has 1 aliphatic rings. The summed E-state index contributed by atoms with van der Waals surface area (Å²) in [7, 11) is 1.42. The van der Waals surface area contributed by atoms with E-state index < -0.39 is 29.7 Å². The fraction of sp³-hybridized carbons (Fsp3) is 0.364. The minimum absolute atomic E-state index is 0.240. The molecule has 8 nitrogen and oxygen atoms in total. The molecule has 4 rings (SSSR count). The van der Waals surface area contributed by atoms with Crippen molar-refractivity contribution in [1.82, 2.24) is 30.1 Å². The number of aromatic nitrogens is 3. The Labute approximate surface area is 187 Å². The van der Waals surface area contributed by atoms with Gasteiger partial charge in [-0.15, -0.1) is 10.2 Å². The molecular formula is C22H23F3N6O2. The van der Waals surface area contributed by atoms with Gasteiger partial charge in [0, 0.05) is 25.7 Å². The molecule has 174 valence electrons. The maximum Gasteiger partial charge on any atom is 0.417 e. The van der Waals surface area contributed by atoms with Gasteiger partial charge in [-0.25, -0.2) is 4.79 Å². The van der Waals surface area contributed by atoms with Crippen LogP contribution in [-0.2, 0) is 11.0 Å². The van der Waals surface area contributed by atoms with Gasteiger partial charge in [-0.1, -0.05) is 30.3 Å².